The number of methoxy groups -OCH3 is 1. The van der Waals surface area contributed by atoms with Gasteiger partial charge < -0.3 is 29.6 Å². The van der Waals surface area contributed by atoms with Gasteiger partial charge in [0.15, 0.2) is 13.9 Å². The molecule has 7 rings (SSSR count). The molecule has 12 heteroatoms. The zero-order valence-electron chi connectivity index (χ0n) is 30.3. The van der Waals surface area contributed by atoms with E-state index in [9.17, 15) is 19.5 Å². The molecule has 1 spiro atoms. The summed E-state index contributed by atoms with van der Waals surface area (Å²) in [5.41, 5.74) is 3.57. The molecule has 1 fully saturated rings. The number of ether oxygens (including phenoxy) is 2. The molecule has 274 valence electrons. The molecule has 1 saturated heterocycles. The maximum absolute atomic E-state index is 14.9. The number of hydrogen-bond acceptors (Lipinski definition) is 8. The van der Waals surface area contributed by atoms with Gasteiger partial charge in [-0.25, -0.2) is 0 Å². The van der Waals surface area contributed by atoms with Crippen molar-refractivity contribution < 1.29 is 29.0 Å². The first kappa shape index (κ1) is 36.2. The van der Waals surface area contributed by atoms with Gasteiger partial charge in [0.1, 0.15) is 5.75 Å². The number of amides is 2. The lowest BCUT2D eigenvalue weighted by molar-refractivity contribution is -0.146. The van der Waals surface area contributed by atoms with Crippen LogP contribution in [0.25, 0.3) is 0 Å². The fourth-order valence-corrected chi connectivity index (χ4v) is 10.8. The third-order valence-corrected chi connectivity index (χ3v) is 13.2. The molecule has 11 nitrogen and oxygen atoms in total. The molecule has 2 aliphatic heterocycles. The van der Waals surface area contributed by atoms with Crippen LogP contribution in [0.5, 0.6) is 5.75 Å². The van der Waals surface area contributed by atoms with E-state index in [0.717, 1.165) is 22.4 Å². The van der Waals surface area contributed by atoms with Crippen LogP contribution in [-0.2, 0) is 28.2 Å². The molecule has 2 aliphatic rings. The molecule has 0 radical (unpaired) electrons. The van der Waals surface area contributed by atoms with Crippen LogP contribution in [0.2, 0.25) is 18.6 Å². The Morgan fingerprint density at radius 2 is 1.72 bits per heavy atom. The van der Waals surface area contributed by atoms with E-state index in [2.05, 4.69) is 15.6 Å². The molecule has 4 aromatic carbocycles. The molecule has 53 heavy (non-hydrogen) atoms. The van der Waals surface area contributed by atoms with Crippen LogP contribution in [0.15, 0.2) is 109 Å². The van der Waals surface area contributed by atoms with Gasteiger partial charge in [0.05, 0.1) is 43.7 Å². The summed E-state index contributed by atoms with van der Waals surface area (Å²) in [5.74, 6) is -0.418. The summed E-state index contributed by atoms with van der Waals surface area (Å²) in [6.07, 6.45) is 1.90. The molecule has 0 bridgehead atoms. The van der Waals surface area contributed by atoms with Crippen LogP contribution in [-0.4, -0.2) is 64.8 Å². The fourth-order valence-electron chi connectivity index (χ4n) is 8.18. The van der Waals surface area contributed by atoms with Crippen molar-refractivity contribution >= 4 is 31.5 Å². The minimum absolute atomic E-state index is 0.0999. The van der Waals surface area contributed by atoms with Gasteiger partial charge in [0.2, 0.25) is 0 Å². The number of aryl methyl sites for hydroxylation is 1. The third kappa shape index (κ3) is 6.90. The minimum Gasteiger partial charge on any atom is -0.497 e. The number of aliphatic hydroxyl groups excluding tert-OH is 1. The van der Waals surface area contributed by atoms with Gasteiger partial charge in [-0.3, -0.25) is 14.3 Å². The Bertz CT molecular complexity index is 2070. The van der Waals surface area contributed by atoms with Crippen LogP contribution in [0.4, 0.5) is 11.4 Å². The van der Waals surface area contributed by atoms with Crippen LogP contribution in [0.1, 0.15) is 52.0 Å². The molecule has 5 aromatic rings. The number of nitrogens with one attached hydrogen (secondary N) is 1. The van der Waals surface area contributed by atoms with E-state index in [1.165, 1.54) is 0 Å². The molecule has 5 atom stereocenters. The molecule has 0 aliphatic carbocycles. The topological polar surface area (TPSA) is 139 Å². The van der Waals surface area contributed by atoms with Gasteiger partial charge in [-0.2, -0.15) is 0 Å². The molecule has 3 heterocycles. The highest BCUT2D eigenvalue weighted by Crippen LogP contribution is 2.60. The van der Waals surface area contributed by atoms with Gasteiger partial charge in [0, 0.05) is 41.0 Å². The van der Waals surface area contributed by atoms with Crippen molar-refractivity contribution in [1.82, 2.24) is 15.0 Å². The molecule has 1 unspecified atom stereocenters. The zero-order chi connectivity index (χ0) is 37.3. The molecule has 3 N–H and O–H groups in total. The van der Waals surface area contributed by atoms with Gasteiger partial charge in [-0.05, 0) is 73.1 Å². The fraction of sp³-hybridized carbons (Fsp3) is 0.317. The molecule has 1 aromatic heterocycles. The van der Waals surface area contributed by atoms with Crippen molar-refractivity contribution in [3.8, 4) is 5.75 Å². The largest absolute Gasteiger partial charge is 0.497 e. The number of carbonyl (C=O) groups is 2. The number of anilines is 2. The highest BCUT2D eigenvalue weighted by Gasteiger charge is 2.66. The number of fused-ring (bicyclic) bond motifs is 2. The Hall–Kier alpha value is -5.14. The maximum Gasteiger partial charge on any atom is 0.264 e. The van der Waals surface area contributed by atoms with Gasteiger partial charge in [-0.1, -0.05) is 72.8 Å². The molecular formula is C41H45N5O6Si. The van der Waals surface area contributed by atoms with Crippen molar-refractivity contribution in [1.29, 1.82) is 0 Å². The summed E-state index contributed by atoms with van der Waals surface area (Å²) in [7, 11) is -1.30. The summed E-state index contributed by atoms with van der Waals surface area (Å²) in [4.78, 5) is 41.1. The summed E-state index contributed by atoms with van der Waals surface area (Å²) < 4.78 is 14.4. The minimum atomic E-state index is -2.90. The third-order valence-electron chi connectivity index (χ3n) is 10.7. The monoisotopic (exact) mass is 731 g/mol. The van der Waals surface area contributed by atoms with Crippen molar-refractivity contribution in [3.63, 3.8) is 0 Å². The number of aliphatic hydroxyl groups is 1. The van der Waals surface area contributed by atoms with E-state index < -0.39 is 20.0 Å². The Morgan fingerprint density at radius 3 is 2.38 bits per heavy atom. The SMILES string of the molecule is COc1ccc2c(c1)[C@@]1(O[C@H](CCn3cc(C(CO)c4ccccc4)nn3)[C@@H]([Si](C)(C)O)[C@@H]1C)C(=O)N2Cc1ccc(NC(=O)c2ccccc2)cc1. The summed E-state index contributed by atoms with van der Waals surface area (Å²) in [5, 5.41) is 21.9. The second kappa shape index (κ2) is 14.7. The molecule has 2 amide bonds. The lowest BCUT2D eigenvalue weighted by atomic mass is 9.82. The highest BCUT2D eigenvalue weighted by molar-refractivity contribution is 6.71. The molecular weight excluding hydrogens is 687 g/mol. The molecule has 0 saturated carbocycles. The van der Waals surface area contributed by atoms with E-state index in [-0.39, 0.29) is 42.3 Å². The number of carbonyl (C=O) groups excluding carboxylic acids is 2. The Labute approximate surface area is 310 Å². The van der Waals surface area contributed by atoms with Gasteiger partial charge in [-0.15, -0.1) is 5.10 Å². The van der Waals surface area contributed by atoms with E-state index in [1.807, 2.05) is 117 Å². The van der Waals surface area contributed by atoms with Gasteiger partial charge >= 0.3 is 0 Å². The van der Waals surface area contributed by atoms with Crippen molar-refractivity contribution in [2.24, 2.45) is 5.92 Å². The lowest BCUT2D eigenvalue weighted by Gasteiger charge is -2.32. The van der Waals surface area contributed by atoms with E-state index in [0.29, 0.717) is 35.7 Å². The second-order valence-corrected chi connectivity index (χ2v) is 18.5. The standard InChI is InChI=1S/C41H45N5O6Si/c1-27-38(53(3,4)50)37(21-22-45-25-35(43-44-45)33(26-47)29-11-7-5-8-12-29)52-41(27)34-23-32(51-2)19-20-36(34)46(40(41)49)24-28-15-17-31(18-16-28)42-39(48)30-13-9-6-10-14-30/h5-20,23,25,27,33,37-38,47,50H,21-22,24,26H2,1-4H3,(H,42,48)/t27-,33?,37+,38-,41+/m0/s1. The van der Waals surface area contributed by atoms with Crippen molar-refractivity contribution in [2.45, 2.75) is 62.7 Å². The van der Waals surface area contributed by atoms with E-state index in [4.69, 9.17) is 9.47 Å². The predicted octanol–water partition coefficient (Wildman–Crippen LogP) is 6.10. The Morgan fingerprint density at radius 1 is 1.02 bits per heavy atom. The van der Waals surface area contributed by atoms with Crippen LogP contribution in [0, 0.1) is 5.92 Å². The number of hydrogen-bond donors (Lipinski definition) is 3. The number of aromatic nitrogens is 3. The van der Waals surface area contributed by atoms with Crippen molar-refractivity contribution in [3.05, 3.63) is 137 Å². The van der Waals surface area contributed by atoms with E-state index in [1.54, 1.807) is 28.8 Å². The Balaban J connectivity index is 1.14. The normalized spacial score (nSPS) is 21.5. The maximum atomic E-state index is 14.9. The number of benzene rings is 4. The lowest BCUT2D eigenvalue weighted by Crippen LogP contribution is -2.46. The van der Waals surface area contributed by atoms with Crippen molar-refractivity contribution in [2.75, 3.05) is 23.9 Å². The quantitative estimate of drug-likeness (QED) is 0.131. The smallest absolute Gasteiger partial charge is 0.264 e. The number of rotatable bonds is 12. The Kier molecular flexibility index (Phi) is 10.1. The van der Waals surface area contributed by atoms with Crippen LogP contribution >= 0.6 is 0 Å². The first-order valence-corrected chi connectivity index (χ1v) is 21.0. The summed E-state index contributed by atoms with van der Waals surface area (Å²) in [6.45, 7) is 6.47. The van der Waals surface area contributed by atoms with Crippen LogP contribution < -0.4 is 15.0 Å². The van der Waals surface area contributed by atoms with E-state index >= 15 is 0 Å². The number of nitrogens with zero attached hydrogens (tertiary/aromatic N) is 4. The average molecular weight is 732 g/mol. The predicted molar refractivity (Wildman–Crippen MR) is 204 cm³/mol. The first-order chi connectivity index (χ1) is 25.5. The summed E-state index contributed by atoms with van der Waals surface area (Å²) >= 11 is 0. The van der Waals surface area contributed by atoms with Crippen LogP contribution in [0.3, 0.4) is 0 Å². The van der Waals surface area contributed by atoms with Gasteiger partial charge in [0.25, 0.3) is 11.8 Å². The zero-order valence-corrected chi connectivity index (χ0v) is 31.3. The second-order valence-electron chi connectivity index (χ2n) is 14.5. The first-order valence-electron chi connectivity index (χ1n) is 17.9. The average Bonchev–Trinajstić information content (AvgIpc) is 3.82. The highest BCUT2D eigenvalue weighted by atomic mass is 28.4. The summed E-state index contributed by atoms with van der Waals surface area (Å²) in [6, 6.07) is 31.9.